The highest BCUT2D eigenvalue weighted by molar-refractivity contribution is 5.97. The highest BCUT2D eigenvalue weighted by atomic mass is 16.4. The summed E-state index contributed by atoms with van der Waals surface area (Å²) in [6.45, 7) is 10.7. The largest absolute Gasteiger partial charge is 0.463 e. The van der Waals surface area contributed by atoms with E-state index in [0.29, 0.717) is 39.2 Å². The third-order valence-corrected chi connectivity index (χ3v) is 7.22. The van der Waals surface area contributed by atoms with Crippen LogP contribution in [0.1, 0.15) is 72.4 Å². The van der Waals surface area contributed by atoms with Crippen molar-refractivity contribution in [3.8, 4) is 39.9 Å². The minimum absolute atomic E-state index is 0.0954. The molecule has 0 aliphatic rings. The maximum Gasteiger partial charge on any atom is 0.349 e. The fraction of sp³-hybridized carbons (Fsp3) is 0.214. The molecule has 260 valence electrons. The third kappa shape index (κ3) is 10.1. The Hall–Kier alpha value is -6.27. The van der Waals surface area contributed by atoms with Gasteiger partial charge in [-0.25, -0.2) is 9.78 Å². The Morgan fingerprint density at radius 2 is 1.37 bits per heavy atom. The number of nitrogens with one attached hydrogen (secondary N) is 2. The van der Waals surface area contributed by atoms with Crippen molar-refractivity contribution in [2.24, 2.45) is 0 Å². The van der Waals surface area contributed by atoms with Crippen molar-refractivity contribution in [2.45, 2.75) is 47.5 Å². The number of nitriles is 1. The molecule has 0 unspecified atom stereocenters. The molecule has 3 aromatic heterocycles. The Labute approximate surface area is 298 Å². The average Bonchev–Trinajstić information content (AvgIpc) is 3.69. The number of fused-ring (bicyclic) bond motifs is 1. The lowest BCUT2D eigenvalue weighted by Crippen LogP contribution is -2.36. The molecule has 6 rings (SSSR count). The van der Waals surface area contributed by atoms with Crippen LogP contribution in [0.15, 0.2) is 117 Å². The summed E-state index contributed by atoms with van der Waals surface area (Å²) in [6, 6.07) is 30.9. The zero-order valence-corrected chi connectivity index (χ0v) is 29.6. The summed E-state index contributed by atoms with van der Waals surface area (Å²) in [6.07, 6.45) is 4.09. The van der Waals surface area contributed by atoms with Crippen molar-refractivity contribution in [1.29, 1.82) is 5.26 Å². The maximum atomic E-state index is 12.8. The molecule has 0 aliphatic heterocycles. The van der Waals surface area contributed by atoms with Gasteiger partial charge in [-0.15, -0.1) is 0 Å². The molecule has 0 radical (unpaired) electrons. The van der Waals surface area contributed by atoms with Crippen molar-refractivity contribution in [3.05, 3.63) is 136 Å². The van der Waals surface area contributed by atoms with Crippen molar-refractivity contribution < 1.29 is 18.4 Å². The van der Waals surface area contributed by atoms with E-state index in [1.807, 2.05) is 55.5 Å². The lowest BCUT2D eigenvalue weighted by atomic mass is 10.00. The van der Waals surface area contributed by atoms with Crippen LogP contribution in [0, 0.1) is 18.3 Å². The average molecular weight is 683 g/mol. The summed E-state index contributed by atoms with van der Waals surface area (Å²) in [5.74, 6) is -0.261. The smallest absolute Gasteiger partial charge is 0.349 e. The molecule has 0 aliphatic carbocycles. The number of hydrogen-bond acceptors (Lipinski definition) is 7. The zero-order valence-electron chi connectivity index (χ0n) is 29.6. The Balaban J connectivity index is 0.000000909. The minimum Gasteiger partial charge on any atom is -0.463 e. The Bertz CT molecular complexity index is 2160. The summed E-state index contributed by atoms with van der Waals surface area (Å²) in [5.41, 5.74) is 5.51. The fourth-order valence-corrected chi connectivity index (χ4v) is 4.85. The standard InChI is InChI=1S/C36H26N4O5.2C3H8/c1-22-4-7-27-18-29(36(43)45-33(27)17-22)35(42)39-15-14-38-34(41)26-12-10-24(11-13-26)28-19-30(25-8-5-23(21-37)6-9-25)40-31(20-28)32-3-2-16-44-32;2*1-3-2/h2-13,16-20H,14-15H2,1H3,(H,38,41)(H,39,42);2*3H2,1-2H3. The molecular formula is C42H42N4O5. The van der Waals surface area contributed by atoms with Crippen LogP contribution >= 0.6 is 0 Å². The number of hydrogen-bond donors (Lipinski definition) is 2. The first-order valence-electron chi connectivity index (χ1n) is 17.0. The number of rotatable bonds is 8. The van der Waals surface area contributed by atoms with Gasteiger partial charge in [-0.05, 0) is 84.3 Å². The van der Waals surface area contributed by atoms with E-state index in [1.54, 1.807) is 48.7 Å². The Kier molecular flexibility index (Phi) is 13.6. The van der Waals surface area contributed by atoms with Crippen LogP contribution in [0.4, 0.5) is 0 Å². The van der Waals surface area contributed by atoms with Crippen LogP contribution in [-0.2, 0) is 0 Å². The number of aromatic nitrogens is 1. The second-order valence-corrected chi connectivity index (χ2v) is 11.8. The molecule has 2 N–H and O–H groups in total. The first-order valence-corrected chi connectivity index (χ1v) is 17.0. The quantitative estimate of drug-likeness (QED) is 0.121. The van der Waals surface area contributed by atoms with Gasteiger partial charge < -0.3 is 19.5 Å². The van der Waals surface area contributed by atoms with E-state index in [2.05, 4.69) is 44.4 Å². The van der Waals surface area contributed by atoms with E-state index in [0.717, 1.165) is 22.3 Å². The summed E-state index contributed by atoms with van der Waals surface area (Å²) >= 11 is 0. The monoisotopic (exact) mass is 682 g/mol. The number of furan rings is 1. The molecule has 0 saturated carbocycles. The van der Waals surface area contributed by atoms with Crippen LogP contribution in [0.25, 0.3) is 44.8 Å². The summed E-state index contributed by atoms with van der Waals surface area (Å²) in [4.78, 5) is 42.5. The molecule has 0 bridgehead atoms. The maximum absolute atomic E-state index is 12.8. The van der Waals surface area contributed by atoms with Crippen LogP contribution in [0.2, 0.25) is 0 Å². The Morgan fingerprint density at radius 1 is 0.745 bits per heavy atom. The van der Waals surface area contributed by atoms with Crippen LogP contribution in [0.3, 0.4) is 0 Å². The van der Waals surface area contributed by atoms with Gasteiger partial charge in [-0.1, -0.05) is 76.9 Å². The van der Waals surface area contributed by atoms with E-state index in [4.69, 9.17) is 19.1 Å². The van der Waals surface area contributed by atoms with Gasteiger partial charge in [0.05, 0.1) is 23.6 Å². The molecule has 0 spiro atoms. The molecule has 3 aromatic carbocycles. The Morgan fingerprint density at radius 3 is 2.00 bits per heavy atom. The second-order valence-electron chi connectivity index (χ2n) is 11.8. The van der Waals surface area contributed by atoms with Crippen LogP contribution in [-0.4, -0.2) is 29.9 Å². The van der Waals surface area contributed by atoms with Gasteiger partial charge in [0.25, 0.3) is 11.8 Å². The molecule has 0 fully saturated rings. The lowest BCUT2D eigenvalue weighted by Gasteiger charge is -2.10. The van der Waals surface area contributed by atoms with Crippen molar-refractivity contribution in [2.75, 3.05) is 13.1 Å². The van der Waals surface area contributed by atoms with Gasteiger partial charge in [0.1, 0.15) is 16.8 Å². The van der Waals surface area contributed by atoms with Gasteiger partial charge in [0.15, 0.2) is 5.76 Å². The second kappa shape index (κ2) is 18.5. The molecule has 0 saturated heterocycles. The normalized spacial score (nSPS) is 10.2. The van der Waals surface area contributed by atoms with Crippen molar-refractivity contribution >= 4 is 22.8 Å². The van der Waals surface area contributed by atoms with Crippen molar-refractivity contribution in [1.82, 2.24) is 15.6 Å². The first-order chi connectivity index (χ1) is 24.7. The summed E-state index contributed by atoms with van der Waals surface area (Å²) < 4.78 is 10.9. The molecular weight excluding hydrogens is 640 g/mol. The van der Waals surface area contributed by atoms with Crippen LogP contribution < -0.4 is 16.3 Å². The predicted molar refractivity (Wildman–Crippen MR) is 201 cm³/mol. The van der Waals surface area contributed by atoms with Gasteiger partial charge >= 0.3 is 5.63 Å². The number of amides is 2. The van der Waals surface area contributed by atoms with E-state index >= 15 is 0 Å². The molecule has 0 atom stereocenters. The predicted octanol–water partition coefficient (Wildman–Crippen LogP) is 8.95. The molecule has 3 heterocycles. The van der Waals surface area contributed by atoms with Gasteiger partial charge in [-0.2, -0.15) is 5.26 Å². The van der Waals surface area contributed by atoms with E-state index in [1.165, 1.54) is 18.9 Å². The van der Waals surface area contributed by atoms with E-state index in [-0.39, 0.29) is 24.6 Å². The fourth-order valence-electron chi connectivity index (χ4n) is 4.85. The van der Waals surface area contributed by atoms with Crippen LogP contribution in [0.5, 0.6) is 0 Å². The van der Waals surface area contributed by atoms with E-state index in [9.17, 15) is 14.4 Å². The van der Waals surface area contributed by atoms with Gasteiger partial charge in [0.2, 0.25) is 0 Å². The first kappa shape index (κ1) is 37.5. The number of carbonyl (C=O) groups excluding carboxylic acids is 2. The lowest BCUT2D eigenvalue weighted by molar-refractivity contribution is 0.0925. The number of nitrogens with zero attached hydrogens (tertiary/aromatic N) is 2. The summed E-state index contributed by atoms with van der Waals surface area (Å²) in [5, 5.41) is 15.2. The minimum atomic E-state index is -0.718. The van der Waals surface area contributed by atoms with Gasteiger partial charge in [-0.3, -0.25) is 9.59 Å². The number of aryl methyl sites for hydroxylation is 1. The number of carbonyl (C=O) groups is 2. The molecule has 9 nitrogen and oxygen atoms in total. The topological polar surface area (TPSA) is 138 Å². The third-order valence-electron chi connectivity index (χ3n) is 7.22. The molecule has 6 aromatic rings. The molecule has 2 amide bonds. The highest BCUT2D eigenvalue weighted by Crippen LogP contribution is 2.31. The summed E-state index contributed by atoms with van der Waals surface area (Å²) in [7, 11) is 0. The highest BCUT2D eigenvalue weighted by Gasteiger charge is 2.15. The SMILES string of the molecule is CCC.CCC.Cc1ccc2cc(C(=O)NCCNC(=O)c3ccc(-c4cc(-c5ccc(C#N)cc5)nc(-c5ccco5)c4)cc3)c(=O)oc2c1. The van der Waals surface area contributed by atoms with Crippen molar-refractivity contribution in [3.63, 3.8) is 0 Å². The zero-order chi connectivity index (χ0) is 36.8. The van der Waals surface area contributed by atoms with Gasteiger partial charge in [0, 0.05) is 29.6 Å². The molecule has 51 heavy (non-hydrogen) atoms. The molecule has 9 heteroatoms. The van der Waals surface area contributed by atoms with E-state index < -0.39 is 11.5 Å². The number of pyridine rings is 1. The number of benzene rings is 3.